The molecule has 0 aliphatic carbocycles. The molecule has 0 N–H and O–H groups in total. The predicted molar refractivity (Wildman–Crippen MR) is 221 cm³/mol. The van der Waals surface area contributed by atoms with Gasteiger partial charge in [0.25, 0.3) is 0 Å². The van der Waals surface area contributed by atoms with Gasteiger partial charge in [-0.05, 0) is 87.6 Å². The lowest BCUT2D eigenvalue weighted by molar-refractivity contribution is 1.20. The molecule has 0 amide bonds. The van der Waals surface area contributed by atoms with Crippen molar-refractivity contribution in [2.45, 2.75) is 0 Å². The fraction of sp³-hybridized carbons (Fsp3) is 0. The molecule has 0 fully saturated rings. The second kappa shape index (κ2) is 11.3. The first kappa shape index (κ1) is 28.9. The zero-order chi connectivity index (χ0) is 34.2. The fourth-order valence-corrected chi connectivity index (χ4v) is 8.50. The Morgan fingerprint density at radius 3 is 1.31 bits per heavy atom. The smallest absolute Gasteiger partial charge is 0.0541 e. The Morgan fingerprint density at radius 2 is 0.673 bits per heavy atom. The lowest BCUT2D eigenvalue weighted by Gasteiger charge is -2.13. The van der Waals surface area contributed by atoms with E-state index in [-0.39, 0.29) is 0 Å². The number of rotatable bonds is 4. The van der Waals surface area contributed by atoms with Crippen molar-refractivity contribution >= 4 is 65.2 Å². The van der Waals surface area contributed by atoms with Crippen LogP contribution in [-0.4, -0.2) is 9.13 Å². The molecule has 242 valence electrons. The lowest BCUT2D eigenvalue weighted by Crippen LogP contribution is -1.95. The van der Waals surface area contributed by atoms with Gasteiger partial charge in [0.05, 0.1) is 33.4 Å². The third-order valence-corrected chi connectivity index (χ3v) is 10.9. The number of hydrogen-bond acceptors (Lipinski definition) is 0. The Morgan fingerprint density at radius 1 is 0.231 bits per heavy atom. The number of para-hydroxylation sites is 2. The first-order chi connectivity index (χ1) is 25.8. The monoisotopic (exact) mass is 660 g/mol. The molecule has 11 rings (SSSR count). The van der Waals surface area contributed by atoms with E-state index in [9.17, 15) is 0 Å². The zero-order valence-corrected chi connectivity index (χ0v) is 28.4. The fourth-order valence-electron chi connectivity index (χ4n) is 8.50. The third-order valence-electron chi connectivity index (χ3n) is 10.9. The molecule has 0 aliphatic heterocycles. The maximum atomic E-state index is 2.44. The minimum Gasteiger partial charge on any atom is -0.309 e. The van der Waals surface area contributed by atoms with Crippen molar-refractivity contribution in [3.05, 3.63) is 194 Å². The molecule has 0 aliphatic rings. The lowest BCUT2D eigenvalue weighted by atomic mass is 10.00. The van der Waals surface area contributed by atoms with Crippen LogP contribution < -0.4 is 0 Å². The molecular formula is C50H32N2. The molecular weight excluding hydrogens is 629 g/mol. The van der Waals surface area contributed by atoms with Crippen LogP contribution in [0.25, 0.3) is 98.8 Å². The van der Waals surface area contributed by atoms with Gasteiger partial charge in [-0.1, -0.05) is 140 Å². The van der Waals surface area contributed by atoms with Gasteiger partial charge in [-0.2, -0.15) is 0 Å². The highest BCUT2D eigenvalue weighted by atomic mass is 15.0. The summed E-state index contributed by atoms with van der Waals surface area (Å²) in [4.78, 5) is 0. The Hall–Kier alpha value is -6.90. The van der Waals surface area contributed by atoms with Crippen molar-refractivity contribution in [3.63, 3.8) is 0 Å². The molecule has 2 nitrogen and oxygen atoms in total. The maximum absolute atomic E-state index is 2.44. The van der Waals surface area contributed by atoms with E-state index in [2.05, 4.69) is 203 Å². The Kier molecular flexibility index (Phi) is 6.28. The minimum atomic E-state index is 1.19. The van der Waals surface area contributed by atoms with E-state index in [0.717, 1.165) is 0 Å². The summed E-state index contributed by atoms with van der Waals surface area (Å²) in [5, 5.41) is 10.00. The summed E-state index contributed by atoms with van der Waals surface area (Å²) >= 11 is 0. The van der Waals surface area contributed by atoms with Gasteiger partial charge in [-0.25, -0.2) is 0 Å². The average molecular weight is 661 g/mol. The summed E-state index contributed by atoms with van der Waals surface area (Å²) < 4.78 is 4.88. The SMILES string of the molecule is c1ccc(-c2ccc3c(-n4c5ccccc5c5cc(-c6ccc7c(c6)c6ccccc6n7-c6cccc7ccccc67)ccc54)cccc3c2)cc1. The summed E-state index contributed by atoms with van der Waals surface area (Å²) in [6, 6.07) is 71.0. The van der Waals surface area contributed by atoms with Gasteiger partial charge in [0.1, 0.15) is 0 Å². The van der Waals surface area contributed by atoms with E-state index in [1.54, 1.807) is 0 Å². The van der Waals surface area contributed by atoms with Crippen LogP contribution in [0.3, 0.4) is 0 Å². The molecule has 0 atom stereocenters. The predicted octanol–water partition coefficient (Wildman–Crippen LogP) is 13.5. The number of aromatic nitrogens is 2. The van der Waals surface area contributed by atoms with Crippen LogP contribution in [0.5, 0.6) is 0 Å². The van der Waals surface area contributed by atoms with Crippen molar-refractivity contribution in [1.29, 1.82) is 0 Å². The number of fused-ring (bicyclic) bond motifs is 8. The van der Waals surface area contributed by atoms with Crippen molar-refractivity contribution in [1.82, 2.24) is 9.13 Å². The van der Waals surface area contributed by atoms with E-state index in [4.69, 9.17) is 0 Å². The minimum absolute atomic E-state index is 1.19. The second-order valence-electron chi connectivity index (χ2n) is 13.7. The van der Waals surface area contributed by atoms with Gasteiger partial charge in [0.15, 0.2) is 0 Å². The highest BCUT2D eigenvalue weighted by Gasteiger charge is 2.18. The Labute approximate surface area is 301 Å². The molecule has 11 aromatic rings. The molecule has 0 saturated carbocycles. The zero-order valence-electron chi connectivity index (χ0n) is 28.4. The summed E-state index contributed by atoms with van der Waals surface area (Å²) in [7, 11) is 0. The van der Waals surface area contributed by atoms with Gasteiger partial charge in [0.2, 0.25) is 0 Å². The van der Waals surface area contributed by atoms with Crippen molar-refractivity contribution in [2.24, 2.45) is 0 Å². The highest BCUT2D eigenvalue weighted by Crippen LogP contribution is 2.40. The second-order valence-corrected chi connectivity index (χ2v) is 13.7. The van der Waals surface area contributed by atoms with Crippen LogP contribution in [0.2, 0.25) is 0 Å². The Bertz CT molecular complexity index is 3170. The van der Waals surface area contributed by atoms with Gasteiger partial charge >= 0.3 is 0 Å². The molecule has 0 unspecified atom stereocenters. The number of benzene rings is 9. The van der Waals surface area contributed by atoms with E-state index in [1.165, 1.54) is 98.8 Å². The summed E-state index contributed by atoms with van der Waals surface area (Å²) in [5.74, 6) is 0. The third kappa shape index (κ3) is 4.31. The van der Waals surface area contributed by atoms with E-state index >= 15 is 0 Å². The van der Waals surface area contributed by atoms with E-state index < -0.39 is 0 Å². The first-order valence-corrected chi connectivity index (χ1v) is 17.9. The van der Waals surface area contributed by atoms with Crippen molar-refractivity contribution < 1.29 is 0 Å². The Balaban J connectivity index is 1.09. The van der Waals surface area contributed by atoms with Gasteiger partial charge in [-0.3, -0.25) is 0 Å². The normalized spacial score (nSPS) is 11.8. The molecule has 0 bridgehead atoms. The summed E-state index contributed by atoms with van der Waals surface area (Å²) in [5.41, 5.74) is 12.1. The van der Waals surface area contributed by atoms with Gasteiger partial charge < -0.3 is 9.13 Å². The highest BCUT2D eigenvalue weighted by molar-refractivity contribution is 6.14. The average Bonchev–Trinajstić information content (AvgIpc) is 3.72. The summed E-state index contributed by atoms with van der Waals surface area (Å²) in [6.45, 7) is 0. The van der Waals surface area contributed by atoms with Crippen LogP contribution in [0, 0.1) is 0 Å². The van der Waals surface area contributed by atoms with E-state index in [1.807, 2.05) is 0 Å². The molecule has 0 radical (unpaired) electrons. The molecule has 0 saturated heterocycles. The maximum Gasteiger partial charge on any atom is 0.0541 e. The standard InChI is InChI=1S/C50H32N2/c1-2-12-33(13-3-1)35-24-27-40-38(30-35)16-11-23-46(40)52-48-21-9-7-19-42(48)44-32-37(26-29-50(44)52)36-25-28-49-43(31-36)41-18-6-8-20-47(41)51(49)45-22-10-15-34-14-4-5-17-39(34)45/h1-32H. The molecule has 52 heavy (non-hydrogen) atoms. The van der Waals surface area contributed by atoms with Crippen LogP contribution in [0.4, 0.5) is 0 Å². The van der Waals surface area contributed by atoms with Crippen LogP contribution >= 0.6 is 0 Å². The number of nitrogens with zero attached hydrogens (tertiary/aromatic N) is 2. The largest absolute Gasteiger partial charge is 0.309 e. The summed E-state index contributed by atoms with van der Waals surface area (Å²) in [6.07, 6.45) is 0. The van der Waals surface area contributed by atoms with Gasteiger partial charge in [0, 0.05) is 32.3 Å². The van der Waals surface area contributed by atoms with Crippen LogP contribution in [0.1, 0.15) is 0 Å². The number of hydrogen-bond donors (Lipinski definition) is 0. The molecule has 2 aromatic heterocycles. The molecule has 2 heterocycles. The van der Waals surface area contributed by atoms with Crippen LogP contribution in [0.15, 0.2) is 194 Å². The van der Waals surface area contributed by atoms with E-state index in [0.29, 0.717) is 0 Å². The topological polar surface area (TPSA) is 9.86 Å². The van der Waals surface area contributed by atoms with Crippen molar-refractivity contribution in [2.75, 3.05) is 0 Å². The first-order valence-electron chi connectivity index (χ1n) is 17.9. The van der Waals surface area contributed by atoms with Crippen LogP contribution in [-0.2, 0) is 0 Å². The molecule has 2 heteroatoms. The molecule has 9 aromatic carbocycles. The quantitative estimate of drug-likeness (QED) is 0.178. The molecule has 0 spiro atoms. The van der Waals surface area contributed by atoms with Crippen molar-refractivity contribution in [3.8, 4) is 33.6 Å². The van der Waals surface area contributed by atoms with Gasteiger partial charge in [-0.15, -0.1) is 0 Å².